The van der Waals surface area contributed by atoms with Gasteiger partial charge in [0.25, 0.3) is 0 Å². The molecule has 1 fully saturated rings. The second-order valence-electron chi connectivity index (χ2n) is 6.02. The zero-order chi connectivity index (χ0) is 17.1. The van der Waals surface area contributed by atoms with Gasteiger partial charge in [-0.3, -0.25) is 4.90 Å². The number of amides is 2. The number of carbonyl (C=O) groups excluding carboxylic acids is 2. The fraction of sp³-hybridized carbons (Fsp3) is 0.444. The molecule has 24 heavy (non-hydrogen) atoms. The molecule has 0 bridgehead atoms. The number of allylic oxidation sites excluding steroid dienone is 1. The Morgan fingerprint density at radius 1 is 1.25 bits per heavy atom. The Morgan fingerprint density at radius 3 is 2.58 bits per heavy atom. The van der Waals surface area contributed by atoms with Gasteiger partial charge >= 0.3 is 12.0 Å². The number of nitrogens with zero attached hydrogens (tertiary/aromatic N) is 1. The quantitative estimate of drug-likeness (QED) is 0.642. The summed E-state index contributed by atoms with van der Waals surface area (Å²) in [6.07, 6.45) is 1.93. The molecule has 1 aliphatic heterocycles. The highest BCUT2D eigenvalue weighted by atomic mass is 16.6. The van der Waals surface area contributed by atoms with Crippen molar-refractivity contribution in [2.24, 2.45) is 0 Å². The lowest BCUT2D eigenvalue weighted by Gasteiger charge is -2.35. The fourth-order valence-corrected chi connectivity index (χ4v) is 2.99. The summed E-state index contributed by atoms with van der Waals surface area (Å²) in [4.78, 5) is 26.8. The van der Waals surface area contributed by atoms with E-state index in [0.29, 0.717) is 17.9 Å². The number of ether oxygens (including phenoxy) is 2. The van der Waals surface area contributed by atoms with Gasteiger partial charge in [-0.25, -0.2) is 9.59 Å². The molecule has 6 nitrogen and oxygen atoms in total. The van der Waals surface area contributed by atoms with Crippen LogP contribution in [0.25, 0.3) is 0 Å². The Morgan fingerprint density at radius 2 is 1.96 bits per heavy atom. The van der Waals surface area contributed by atoms with Crippen molar-refractivity contribution in [1.82, 2.24) is 10.2 Å². The zero-order valence-electron chi connectivity index (χ0n) is 14.0. The van der Waals surface area contributed by atoms with Gasteiger partial charge in [0.2, 0.25) is 0 Å². The van der Waals surface area contributed by atoms with E-state index in [1.54, 1.807) is 12.0 Å². The summed E-state index contributed by atoms with van der Waals surface area (Å²) < 4.78 is 10.3. The van der Waals surface area contributed by atoms with Gasteiger partial charge in [-0.1, -0.05) is 30.3 Å². The van der Waals surface area contributed by atoms with Gasteiger partial charge < -0.3 is 14.8 Å². The van der Waals surface area contributed by atoms with E-state index in [0.717, 1.165) is 18.4 Å². The van der Waals surface area contributed by atoms with Gasteiger partial charge in [-0.2, -0.15) is 0 Å². The van der Waals surface area contributed by atoms with Crippen molar-refractivity contribution in [3.8, 4) is 0 Å². The van der Waals surface area contributed by atoms with Gasteiger partial charge in [0.15, 0.2) is 0 Å². The van der Waals surface area contributed by atoms with Crippen molar-refractivity contribution >= 4 is 12.0 Å². The van der Waals surface area contributed by atoms with E-state index in [2.05, 4.69) is 5.32 Å². The van der Waals surface area contributed by atoms with Crippen LogP contribution in [0.2, 0.25) is 0 Å². The molecule has 1 unspecified atom stereocenters. The van der Waals surface area contributed by atoms with Crippen LogP contribution in [0, 0.1) is 0 Å². The number of carbonyl (C=O) groups is 2. The van der Waals surface area contributed by atoms with Crippen LogP contribution in [0.3, 0.4) is 0 Å². The molecular formula is C18H22N2O4. The molecule has 1 N–H and O–H groups in total. The zero-order valence-corrected chi connectivity index (χ0v) is 14.0. The van der Waals surface area contributed by atoms with E-state index in [4.69, 9.17) is 9.47 Å². The maximum atomic E-state index is 12.6. The Balaban J connectivity index is 1.94. The van der Waals surface area contributed by atoms with Crippen LogP contribution < -0.4 is 5.32 Å². The first-order chi connectivity index (χ1) is 11.6. The summed E-state index contributed by atoms with van der Waals surface area (Å²) in [6.45, 7) is 2.34. The fourth-order valence-electron chi connectivity index (χ4n) is 2.99. The molecule has 1 heterocycles. The molecule has 0 radical (unpaired) electrons. The monoisotopic (exact) mass is 330 g/mol. The van der Waals surface area contributed by atoms with Gasteiger partial charge in [0, 0.05) is 18.8 Å². The second kappa shape index (κ2) is 7.05. The predicted molar refractivity (Wildman–Crippen MR) is 88.1 cm³/mol. The largest absolute Gasteiger partial charge is 0.460 e. The molecular weight excluding hydrogens is 308 g/mol. The Hall–Kier alpha value is -2.34. The summed E-state index contributed by atoms with van der Waals surface area (Å²) in [7, 11) is 1.56. The van der Waals surface area contributed by atoms with E-state index in [1.807, 2.05) is 37.3 Å². The number of hydrogen-bond donors (Lipinski definition) is 1. The van der Waals surface area contributed by atoms with Crippen molar-refractivity contribution in [2.75, 3.05) is 20.3 Å². The number of urea groups is 1. The van der Waals surface area contributed by atoms with E-state index in [-0.39, 0.29) is 18.7 Å². The van der Waals surface area contributed by atoms with Crippen LogP contribution in [0.5, 0.6) is 0 Å². The minimum Gasteiger partial charge on any atom is -0.460 e. The third-order valence-corrected chi connectivity index (χ3v) is 4.31. The molecule has 1 aliphatic carbocycles. The van der Waals surface area contributed by atoms with Crippen molar-refractivity contribution in [3.63, 3.8) is 0 Å². The molecule has 0 saturated heterocycles. The molecule has 1 aromatic carbocycles. The third kappa shape index (κ3) is 3.28. The summed E-state index contributed by atoms with van der Waals surface area (Å²) in [6, 6.07) is 9.00. The van der Waals surface area contributed by atoms with E-state index in [1.165, 1.54) is 0 Å². The van der Waals surface area contributed by atoms with Gasteiger partial charge in [0.05, 0.1) is 18.2 Å². The van der Waals surface area contributed by atoms with Gasteiger partial charge in [0.1, 0.15) is 6.61 Å². The summed E-state index contributed by atoms with van der Waals surface area (Å²) in [5, 5.41) is 2.95. The van der Waals surface area contributed by atoms with Crippen molar-refractivity contribution in [2.45, 2.75) is 31.8 Å². The lowest BCUT2D eigenvalue weighted by Crippen LogP contribution is -2.48. The van der Waals surface area contributed by atoms with Gasteiger partial charge in [-0.15, -0.1) is 0 Å². The molecule has 1 atom stereocenters. The Bertz CT molecular complexity index is 652. The summed E-state index contributed by atoms with van der Waals surface area (Å²) in [5.74, 6) is -0.413. The molecule has 3 rings (SSSR count). The summed E-state index contributed by atoms with van der Waals surface area (Å²) in [5.41, 5.74) is 2.03. The number of hydrogen-bond acceptors (Lipinski definition) is 4. The first-order valence-corrected chi connectivity index (χ1v) is 8.15. The standard InChI is InChI=1S/C18H22N2O4/c1-12-15(17(21)24-11-10-23-2)16(13-6-4-3-5-7-13)19-18(22)20(12)14-8-9-14/h3-7,14,16H,8-11H2,1-2H3,(H,19,22). The molecule has 0 spiro atoms. The van der Waals surface area contributed by atoms with Crippen molar-refractivity contribution < 1.29 is 19.1 Å². The van der Waals surface area contributed by atoms with Crippen LogP contribution in [-0.4, -0.2) is 43.3 Å². The smallest absolute Gasteiger partial charge is 0.338 e. The highest BCUT2D eigenvalue weighted by molar-refractivity contribution is 5.95. The van der Waals surface area contributed by atoms with Crippen LogP contribution in [0.1, 0.15) is 31.4 Å². The maximum Gasteiger partial charge on any atom is 0.338 e. The second-order valence-corrected chi connectivity index (χ2v) is 6.02. The molecule has 1 aromatic rings. The summed E-state index contributed by atoms with van der Waals surface area (Å²) >= 11 is 0. The van der Waals surface area contributed by atoms with E-state index < -0.39 is 12.0 Å². The SMILES string of the molecule is COCCOC(=O)C1=C(C)N(C2CC2)C(=O)NC1c1ccccc1. The highest BCUT2D eigenvalue weighted by Crippen LogP contribution is 2.37. The average Bonchev–Trinajstić information content (AvgIpc) is 3.40. The van der Waals surface area contributed by atoms with E-state index >= 15 is 0 Å². The van der Waals surface area contributed by atoms with Crippen LogP contribution in [-0.2, 0) is 14.3 Å². The van der Waals surface area contributed by atoms with Gasteiger partial charge in [-0.05, 0) is 25.3 Å². The number of esters is 1. The molecule has 2 aliphatic rings. The lowest BCUT2D eigenvalue weighted by molar-refractivity contribution is -0.140. The molecule has 2 amide bonds. The van der Waals surface area contributed by atoms with E-state index in [9.17, 15) is 9.59 Å². The Kier molecular flexibility index (Phi) is 4.85. The van der Waals surface area contributed by atoms with Crippen molar-refractivity contribution in [1.29, 1.82) is 0 Å². The Labute approximate surface area is 141 Å². The number of rotatable bonds is 6. The number of nitrogens with one attached hydrogen (secondary N) is 1. The van der Waals surface area contributed by atoms with Crippen LogP contribution in [0.15, 0.2) is 41.6 Å². The lowest BCUT2D eigenvalue weighted by atomic mass is 9.95. The highest BCUT2D eigenvalue weighted by Gasteiger charge is 2.42. The maximum absolute atomic E-state index is 12.6. The van der Waals surface area contributed by atoms with Crippen molar-refractivity contribution in [3.05, 3.63) is 47.2 Å². The number of benzene rings is 1. The first-order valence-electron chi connectivity index (χ1n) is 8.15. The number of methoxy groups -OCH3 is 1. The minimum absolute atomic E-state index is 0.155. The minimum atomic E-state index is -0.497. The average molecular weight is 330 g/mol. The first kappa shape index (κ1) is 16.5. The predicted octanol–water partition coefficient (Wildman–Crippen LogP) is 2.38. The normalized spacial score (nSPS) is 20.8. The third-order valence-electron chi connectivity index (χ3n) is 4.31. The molecule has 6 heteroatoms. The molecule has 128 valence electrons. The topological polar surface area (TPSA) is 67.9 Å². The molecule has 0 aromatic heterocycles. The van der Waals surface area contributed by atoms with Crippen LogP contribution >= 0.6 is 0 Å². The molecule has 1 saturated carbocycles. The van der Waals surface area contributed by atoms with Crippen LogP contribution in [0.4, 0.5) is 4.79 Å².